The van der Waals surface area contributed by atoms with Gasteiger partial charge in [-0.1, -0.05) is 53.7 Å². The number of aliphatic hydroxyl groups excluding tert-OH is 1. The smallest absolute Gasteiger partial charge is 0.155 e. The fraction of sp³-hybridized carbons (Fsp3) is 0.828. The van der Waals surface area contributed by atoms with Crippen LogP contribution in [-0.4, -0.2) is 17.0 Å². The van der Waals surface area contributed by atoms with E-state index in [1.165, 1.54) is 32.1 Å². The van der Waals surface area contributed by atoms with E-state index in [9.17, 15) is 9.90 Å². The van der Waals surface area contributed by atoms with Gasteiger partial charge in [-0.25, -0.2) is 0 Å². The van der Waals surface area contributed by atoms with Crippen molar-refractivity contribution in [3.05, 3.63) is 23.8 Å². The van der Waals surface area contributed by atoms with Crippen LogP contribution in [-0.2, 0) is 4.79 Å². The lowest BCUT2D eigenvalue weighted by Gasteiger charge is -2.59. The van der Waals surface area contributed by atoms with E-state index in [-0.39, 0.29) is 11.2 Å². The zero-order chi connectivity index (χ0) is 22.6. The summed E-state index contributed by atoms with van der Waals surface area (Å²) in [6, 6.07) is 0. The molecule has 9 atom stereocenters. The molecular formula is C29H46O2. The minimum Gasteiger partial charge on any atom is -0.389 e. The number of aliphatic hydroxyl groups is 1. The number of carbonyl (C=O) groups is 1. The van der Waals surface area contributed by atoms with E-state index >= 15 is 0 Å². The Morgan fingerprint density at radius 1 is 1.10 bits per heavy atom. The maximum atomic E-state index is 12.1. The SMILES string of the molecule is CC[C@H](/C=C\[C@@H](C)[C@H]1CC[C@@H]2[C@H]3C[C@@H](O)C4=CC(=O)CC[C@]4(C)[C@H]3CC[C@@]21C)C(C)C. The third-order valence-electron chi connectivity index (χ3n) is 10.7. The van der Waals surface area contributed by atoms with Crippen molar-refractivity contribution in [3.63, 3.8) is 0 Å². The molecule has 0 aromatic heterocycles. The molecule has 0 saturated heterocycles. The van der Waals surface area contributed by atoms with Gasteiger partial charge in [0, 0.05) is 6.42 Å². The Bertz CT molecular complexity index is 748. The van der Waals surface area contributed by atoms with E-state index in [2.05, 4.69) is 53.7 Å². The zero-order valence-corrected chi connectivity index (χ0v) is 20.9. The average molecular weight is 427 g/mol. The second-order valence-corrected chi connectivity index (χ2v) is 12.4. The summed E-state index contributed by atoms with van der Waals surface area (Å²) in [6.07, 6.45) is 15.4. The predicted octanol–water partition coefficient (Wildman–Crippen LogP) is 6.98. The lowest BCUT2D eigenvalue weighted by molar-refractivity contribution is -0.119. The van der Waals surface area contributed by atoms with Gasteiger partial charge in [-0.3, -0.25) is 4.79 Å². The Balaban J connectivity index is 1.55. The van der Waals surface area contributed by atoms with Gasteiger partial charge in [0.2, 0.25) is 0 Å². The van der Waals surface area contributed by atoms with Gasteiger partial charge < -0.3 is 5.11 Å². The summed E-state index contributed by atoms with van der Waals surface area (Å²) < 4.78 is 0. The summed E-state index contributed by atoms with van der Waals surface area (Å²) in [6.45, 7) is 14.4. The molecule has 2 heteroatoms. The highest BCUT2D eigenvalue weighted by molar-refractivity contribution is 5.91. The fourth-order valence-corrected chi connectivity index (χ4v) is 8.79. The number of rotatable bonds is 5. The molecule has 0 aromatic rings. The first-order chi connectivity index (χ1) is 14.6. The van der Waals surface area contributed by atoms with Crippen molar-refractivity contribution < 1.29 is 9.90 Å². The molecule has 4 aliphatic rings. The van der Waals surface area contributed by atoms with Gasteiger partial charge in [-0.2, -0.15) is 0 Å². The first-order valence-electron chi connectivity index (χ1n) is 13.2. The van der Waals surface area contributed by atoms with Crippen molar-refractivity contribution >= 4 is 5.78 Å². The summed E-state index contributed by atoms with van der Waals surface area (Å²) in [5.41, 5.74) is 1.50. The van der Waals surface area contributed by atoms with Gasteiger partial charge >= 0.3 is 0 Å². The van der Waals surface area contributed by atoms with Gasteiger partial charge in [0.15, 0.2) is 5.78 Å². The summed E-state index contributed by atoms with van der Waals surface area (Å²) in [4.78, 5) is 12.1. The molecule has 0 aromatic carbocycles. The highest BCUT2D eigenvalue weighted by Gasteiger charge is 2.60. The minimum atomic E-state index is -0.412. The standard InChI is InChI=1S/C29H46O2/c1-7-20(18(2)3)9-8-19(4)23-10-11-24-22-17-27(31)26-16-21(30)12-14-29(26,6)25(22)13-15-28(23,24)5/h8-9,16,18-20,22-25,27,31H,7,10-15,17H2,1-6H3/b9-8-/t19-,20-,22-,23-,24-,25+,27-,28-,29-/m1/s1. The van der Waals surface area contributed by atoms with Gasteiger partial charge in [-0.15, -0.1) is 0 Å². The molecule has 3 fully saturated rings. The van der Waals surface area contributed by atoms with Crippen LogP contribution in [0.4, 0.5) is 0 Å². The number of ketones is 1. The second kappa shape index (κ2) is 8.47. The topological polar surface area (TPSA) is 37.3 Å². The first kappa shape index (κ1) is 23.3. The van der Waals surface area contributed by atoms with E-state index in [4.69, 9.17) is 0 Å². The average Bonchev–Trinajstić information content (AvgIpc) is 3.07. The Hall–Kier alpha value is -0.890. The summed E-state index contributed by atoms with van der Waals surface area (Å²) in [7, 11) is 0. The van der Waals surface area contributed by atoms with E-state index in [1.54, 1.807) is 0 Å². The van der Waals surface area contributed by atoms with E-state index in [0.717, 1.165) is 30.3 Å². The Labute approximate surface area is 191 Å². The van der Waals surface area contributed by atoms with Crippen LogP contribution in [0.15, 0.2) is 23.8 Å². The van der Waals surface area contributed by atoms with Gasteiger partial charge in [0.25, 0.3) is 0 Å². The quantitative estimate of drug-likeness (QED) is 0.481. The lowest BCUT2D eigenvalue weighted by Crippen LogP contribution is -2.54. The van der Waals surface area contributed by atoms with E-state index in [1.807, 2.05) is 6.08 Å². The first-order valence-corrected chi connectivity index (χ1v) is 13.2. The van der Waals surface area contributed by atoms with Crippen LogP contribution in [0, 0.1) is 52.3 Å². The summed E-state index contributed by atoms with van der Waals surface area (Å²) in [5.74, 6) is 5.00. The number of carbonyl (C=O) groups excluding carboxylic acids is 1. The van der Waals surface area contributed by atoms with Crippen LogP contribution in [0.2, 0.25) is 0 Å². The Morgan fingerprint density at radius 2 is 1.84 bits per heavy atom. The van der Waals surface area contributed by atoms with Crippen LogP contribution in [0.5, 0.6) is 0 Å². The highest BCUT2D eigenvalue weighted by atomic mass is 16.3. The summed E-state index contributed by atoms with van der Waals surface area (Å²) in [5, 5.41) is 11.1. The van der Waals surface area contributed by atoms with E-state index in [0.29, 0.717) is 41.4 Å². The number of hydrogen-bond acceptors (Lipinski definition) is 2. The van der Waals surface area contributed by atoms with Gasteiger partial charge in [0.05, 0.1) is 6.10 Å². The molecule has 0 heterocycles. The molecule has 31 heavy (non-hydrogen) atoms. The third-order valence-corrected chi connectivity index (χ3v) is 10.7. The third kappa shape index (κ3) is 3.79. The van der Waals surface area contributed by atoms with Crippen LogP contribution >= 0.6 is 0 Å². The van der Waals surface area contributed by atoms with Gasteiger partial charge in [0.1, 0.15) is 0 Å². The molecule has 4 rings (SSSR count). The van der Waals surface area contributed by atoms with Crippen molar-refractivity contribution in [2.75, 3.05) is 0 Å². The maximum absolute atomic E-state index is 12.1. The number of fused-ring (bicyclic) bond motifs is 5. The van der Waals surface area contributed by atoms with Crippen molar-refractivity contribution in [1.82, 2.24) is 0 Å². The van der Waals surface area contributed by atoms with Crippen LogP contribution in [0.3, 0.4) is 0 Å². The Morgan fingerprint density at radius 3 is 2.52 bits per heavy atom. The largest absolute Gasteiger partial charge is 0.389 e. The van der Waals surface area contributed by atoms with Crippen LogP contribution in [0.1, 0.15) is 92.9 Å². The van der Waals surface area contributed by atoms with Crippen LogP contribution < -0.4 is 0 Å². The zero-order valence-electron chi connectivity index (χ0n) is 20.9. The monoisotopic (exact) mass is 426 g/mol. The number of allylic oxidation sites excluding steroid dienone is 2. The molecule has 3 saturated carbocycles. The number of hydrogen-bond donors (Lipinski definition) is 1. The molecule has 0 aliphatic heterocycles. The van der Waals surface area contributed by atoms with Crippen molar-refractivity contribution in [2.24, 2.45) is 52.3 Å². The van der Waals surface area contributed by atoms with E-state index < -0.39 is 6.10 Å². The molecule has 0 bridgehead atoms. The molecule has 0 radical (unpaired) electrons. The second-order valence-electron chi connectivity index (χ2n) is 12.4. The van der Waals surface area contributed by atoms with Crippen LogP contribution in [0.25, 0.3) is 0 Å². The lowest BCUT2D eigenvalue weighted by atomic mass is 9.46. The maximum Gasteiger partial charge on any atom is 0.155 e. The normalized spacial score (nSPS) is 44.6. The summed E-state index contributed by atoms with van der Waals surface area (Å²) >= 11 is 0. The van der Waals surface area contributed by atoms with Crippen molar-refractivity contribution in [3.8, 4) is 0 Å². The minimum absolute atomic E-state index is 0.0345. The van der Waals surface area contributed by atoms with Crippen molar-refractivity contribution in [1.29, 1.82) is 0 Å². The molecule has 4 aliphatic carbocycles. The molecule has 0 unspecified atom stereocenters. The molecule has 2 nitrogen and oxygen atoms in total. The highest BCUT2D eigenvalue weighted by Crippen LogP contribution is 2.67. The molecule has 0 amide bonds. The molecule has 1 N–H and O–H groups in total. The fourth-order valence-electron chi connectivity index (χ4n) is 8.79. The molecular weight excluding hydrogens is 380 g/mol. The Kier molecular flexibility index (Phi) is 6.36. The molecule has 174 valence electrons. The van der Waals surface area contributed by atoms with Gasteiger partial charge in [-0.05, 0) is 109 Å². The predicted molar refractivity (Wildman–Crippen MR) is 129 cm³/mol. The molecule has 0 spiro atoms. The van der Waals surface area contributed by atoms with Crippen molar-refractivity contribution in [2.45, 2.75) is 99.0 Å².